The lowest BCUT2D eigenvalue weighted by atomic mass is 10.1. The van der Waals surface area contributed by atoms with Crippen LogP contribution in [-0.4, -0.2) is 4.89 Å². The highest BCUT2D eigenvalue weighted by Crippen LogP contribution is 2.26. The van der Waals surface area contributed by atoms with E-state index in [4.69, 9.17) is 4.89 Å². The van der Waals surface area contributed by atoms with Crippen molar-refractivity contribution in [2.45, 2.75) is 13.8 Å². The molecule has 0 saturated heterocycles. The van der Waals surface area contributed by atoms with Crippen LogP contribution in [-0.2, 0) is 4.57 Å². The summed E-state index contributed by atoms with van der Waals surface area (Å²) in [6.45, 7) is 3.79. The molecule has 0 aromatic heterocycles. The van der Waals surface area contributed by atoms with E-state index in [2.05, 4.69) is 4.52 Å². The molecule has 0 spiro atoms. The van der Waals surface area contributed by atoms with Gasteiger partial charge in [-0.15, -0.1) is 4.89 Å². The molecule has 64 valence electrons. The summed E-state index contributed by atoms with van der Waals surface area (Å²) in [7, 11) is -2.55. The average molecular weight is 185 g/mol. The molecule has 1 rings (SSSR count). The number of rotatable bonds is 2. The van der Waals surface area contributed by atoms with Crippen LogP contribution < -0.4 is 4.52 Å². The highest BCUT2D eigenvalue weighted by atomic mass is 31.1. The fraction of sp³-hybridized carbons (Fsp3) is 0.250. The van der Waals surface area contributed by atoms with Gasteiger partial charge < -0.3 is 0 Å². The van der Waals surface area contributed by atoms with Gasteiger partial charge in [0, 0.05) is 4.57 Å². The van der Waals surface area contributed by atoms with E-state index in [0.29, 0.717) is 5.75 Å². The van der Waals surface area contributed by atoms with Crippen molar-refractivity contribution < 1.29 is 14.0 Å². The Morgan fingerprint density at radius 2 is 2.08 bits per heavy atom. The highest BCUT2D eigenvalue weighted by molar-refractivity contribution is 7.32. The normalized spacial score (nSPS) is 11.1. The Balaban J connectivity index is 2.93. The lowest BCUT2D eigenvalue weighted by Gasteiger charge is -1.98. The maximum absolute atomic E-state index is 10.3. The first-order valence-corrected chi connectivity index (χ1v) is 4.64. The van der Waals surface area contributed by atoms with Crippen molar-refractivity contribution in [3.8, 4) is 5.75 Å². The third-order valence-electron chi connectivity index (χ3n) is 1.51. The Hall–Kier alpha value is -0.920. The Morgan fingerprint density at radius 3 is 2.58 bits per heavy atom. The molecule has 3 nitrogen and oxygen atoms in total. The molecule has 0 saturated carbocycles. The smallest absolute Gasteiger partial charge is 0.229 e. The standard InChI is InChI=1S/C8H9O3P/c1-6-3-4-8(7(2)5-6)11-12(9)10/h3-5H,1-2H3/p+1. The molecule has 0 amide bonds. The molecule has 1 atom stereocenters. The lowest BCUT2D eigenvalue weighted by molar-refractivity contribution is 0.409. The van der Waals surface area contributed by atoms with Crippen molar-refractivity contribution >= 4 is 8.25 Å². The number of hydrogen-bond donors (Lipinski definition) is 1. The molecule has 0 heterocycles. The maximum Gasteiger partial charge on any atom is 0.747 e. The zero-order valence-electron chi connectivity index (χ0n) is 6.94. The minimum Gasteiger partial charge on any atom is -0.229 e. The second-order valence-corrected chi connectivity index (χ2v) is 3.26. The molecular weight excluding hydrogens is 175 g/mol. The summed E-state index contributed by atoms with van der Waals surface area (Å²) >= 11 is 0. The molecule has 0 fully saturated rings. The Morgan fingerprint density at radius 1 is 1.42 bits per heavy atom. The van der Waals surface area contributed by atoms with Gasteiger partial charge in [0.2, 0.25) is 0 Å². The largest absolute Gasteiger partial charge is 0.747 e. The Bertz CT molecular complexity index is 309. The van der Waals surface area contributed by atoms with E-state index in [1.54, 1.807) is 6.07 Å². The number of aryl methyl sites for hydroxylation is 2. The van der Waals surface area contributed by atoms with Crippen molar-refractivity contribution in [2.24, 2.45) is 0 Å². The van der Waals surface area contributed by atoms with Gasteiger partial charge in [-0.05, 0) is 25.5 Å². The van der Waals surface area contributed by atoms with Crippen LogP contribution in [0.3, 0.4) is 0 Å². The Kier molecular flexibility index (Phi) is 2.79. The van der Waals surface area contributed by atoms with Crippen LogP contribution in [0.15, 0.2) is 18.2 Å². The van der Waals surface area contributed by atoms with Crippen molar-refractivity contribution in [3.05, 3.63) is 29.3 Å². The van der Waals surface area contributed by atoms with E-state index in [0.717, 1.165) is 11.1 Å². The van der Waals surface area contributed by atoms with E-state index >= 15 is 0 Å². The van der Waals surface area contributed by atoms with Crippen LogP contribution in [0.5, 0.6) is 5.75 Å². The van der Waals surface area contributed by atoms with Crippen LogP contribution >= 0.6 is 8.25 Å². The summed E-state index contributed by atoms with van der Waals surface area (Å²) in [6.07, 6.45) is 0. The van der Waals surface area contributed by atoms with Gasteiger partial charge in [0.25, 0.3) is 0 Å². The van der Waals surface area contributed by atoms with Gasteiger partial charge in [0.05, 0.1) is 0 Å². The second kappa shape index (κ2) is 3.65. The third-order valence-corrected chi connectivity index (χ3v) is 1.86. The molecule has 0 aliphatic carbocycles. The third kappa shape index (κ3) is 2.29. The average Bonchev–Trinajstić information content (AvgIpc) is 1.94. The van der Waals surface area contributed by atoms with Crippen molar-refractivity contribution in [3.63, 3.8) is 0 Å². The monoisotopic (exact) mass is 185 g/mol. The number of benzene rings is 1. The first-order valence-electron chi connectivity index (χ1n) is 3.51. The maximum atomic E-state index is 10.3. The molecule has 0 radical (unpaired) electrons. The van der Waals surface area contributed by atoms with Gasteiger partial charge >= 0.3 is 8.25 Å². The molecule has 1 aromatic carbocycles. The van der Waals surface area contributed by atoms with Crippen molar-refractivity contribution in [1.82, 2.24) is 0 Å². The van der Waals surface area contributed by atoms with Crippen LogP contribution in [0, 0.1) is 13.8 Å². The molecule has 1 aromatic rings. The zero-order chi connectivity index (χ0) is 9.14. The highest BCUT2D eigenvalue weighted by Gasteiger charge is 2.15. The molecule has 1 unspecified atom stereocenters. The summed E-state index contributed by atoms with van der Waals surface area (Å²) in [6, 6.07) is 5.42. The zero-order valence-corrected chi connectivity index (χ0v) is 7.84. The van der Waals surface area contributed by atoms with Gasteiger partial charge in [-0.1, -0.05) is 17.7 Å². The summed E-state index contributed by atoms with van der Waals surface area (Å²) in [5, 5.41) is 0. The Labute approximate surface area is 71.9 Å². The summed E-state index contributed by atoms with van der Waals surface area (Å²) in [5.41, 5.74) is 1.97. The van der Waals surface area contributed by atoms with Crippen LogP contribution in [0.4, 0.5) is 0 Å². The van der Waals surface area contributed by atoms with Gasteiger partial charge in [0.1, 0.15) is 0 Å². The minimum atomic E-state index is -2.55. The first-order chi connectivity index (χ1) is 5.59. The summed E-state index contributed by atoms with van der Waals surface area (Å²) < 4.78 is 15.0. The fourth-order valence-corrected chi connectivity index (χ4v) is 1.36. The molecule has 0 aliphatic heterocycles. The van der Waals surface area contributed by atoms with E-state index in [1.807, 2.05) is 26.0 Å². The second-order valence-electron chi connectivity index (χ2n) is 2.60. The molecule has 1 N–H and O–H groups in total. The van der Waals surface area contributed by atoms with E-state index in [1.165, 1.54) is 0 Å². The van der Waals surface area contributed by atoms with E-state index in [9.17, 15) is 4.57 Å². The molecule has 4 heteroatoms. The van der Waals surface area contributed by atoms with Crippen LogP contribution in [0.2, 0.25) is 0 Å². The minimum absolute atomic E-state index is 0.462. The van der Waals surface area contributed by atoms with Crippen LogP contribution in [0.1, 0.15) is 11.1 Å². The predicted molar refractivity (Wildman–Crippen MR) is 46.4 cm³/mol. The van der Waals surface area contributed by atoms with Crippen molar-refractivity contribution in [1.29, 1.82) is 0 Å². The summed E-state index contributed by atoms with van der Waals surface area (Å²) in [5.74, 6) is 0.462. The predicted octanol–water partition coefficient (Wildman–Crippen LogP) is 2.33. The lowest BCUT2D eigenvalue weighted by Crippen LogP contribution is -1.85. The van der Waals surface area contributed by atoms with E-state index in [-0.39, 0.29) is 0 Å². The molecule has 0 bridgehead atoms. The van der Waals surface area contributed by atoms with E-state index < -0.39 is 8.25 Å². The topological polar surface area (TPSA) is 46.5 Å². The number of hydrogen-bond acceptors (Lipinski definition) is 2. The molecule has 0 aliphatic rings. The van der Waals surface area contributed by atoms with Crippen molar-refractivity contribution in [2.75, 3.05) is 0 Å². The van der Waals surface area contributed by atoms with Gasteiger partial charge in [0.15, 0.2) is 5.75 Å². The van der Waals surface area contributed by atoms with Gasteiger partial charge in [-0.25, -0.2) is 4.52 Å². The van der Waals surface area contributed by atoms with Gasteiger partial charge in [-0.2, -0.15) is 0 Å². The SMILES string of the molecule is Cc1ccc(O[P+](=O)O)c(C)c1. The van der Waals surface area contributed by atoms with Gasteiger partial charge in [-0.3, -0.25) is 0 Å². The van der Waals surface area contributed by atoms with Crippen LogP contribution in [0.25, 0.3) is 0 Å². The first kappa shape index (κ1) is 9.17. The molecule has 12 heavy (non-hydrogen) atoms. The quantitative estimate of drug-likeness (QED) is 0.719. The summed E-state index contributed by atoms with van der Waals surface area (Å²) in [4.78, 5) is 8.49. The molecular formula is C8H10O3P+. The fourth-order valence-electron chi connectivity index (χ4n) is 0.986.